The number of alkyl halides is 2. The molecule has 0 unspecified atom stereocenters. The number of rotatable bonds is 6. The van der Waals surface area contributed by atoms with Crippen molar-refractivity contribution in [3.63, 3.8) is 0 Å². The Morgan fingerprint density at radius 1 is 1.30 bits per heavy atom. The largest absolute Gasteiger partial charge is 0.465 e. The van der Waals surface area contributed by atoms with Crippen LogP contribution >= 0.6 is 11.3 Å². The summed E-state index contributed by atoms with van der Waals surface area (Å²) < 4.78 is 33.5. The summed E-state index contributed by atoms with van der Waals surface area (Å²) in [5.74, 6) is 0.688. The highest BCUT2D eigenvalue weighted by Gasteiger charge is 2.20. The van der Waals surface area contributed by atoms with E-state index in [9.17, 15) is 13.6 Å². The Labute approximate surface area is 157 Å². The number of anilines is 1. The molecule has 0 spiro atoms. The van der Waals surface area contributed by atoms with Crippen LogP contribution in [0.4, 0.5) is 14.6 Å². The number of thiophene rings is 1. The van der Waals surface area contributed by atoms with Crippen molar-refractivity contribution in [3.05, 3.63) is 40.3 Å². The van der Waals surface area contributed by atoms with Gasteiger partial charge in [0.2, 0.25) is 0 Å². The van der Waals surface area contributed by atoms with Crippen LogP contribution in [0.3, 0.4) is 0 Å². The lowest BCUT2D eigenvalue weighted by molar-refractivity contribution is -0.0501. The Morgan fingerprint density at radius 2 is 2.07 bits per heavy atom. The molecule has 0 aromatic carbocycles. The number of carbonyl (C=O) groups excluding carboxylic acids is 1. The molecule has 0 aliphatic carbocycles. The van der Waals surface area contributed by atoms with E-state index in [0.29, 0.717) is 33.6 Å². The van der Waals surface area contributed by atoms with Gasteiger partial charge in [0.15, 0.2) is 0 Å². The minimum Gasteiger partial charge on any atom is -0.465 e. The molecule has 0 amide bonds. The van der Waals surface area contributed by atoms with E-state index in [0.717, 1.165) is 10.9 Å². The van der Waals surface area contributed by atoms with Gasteiger partial charge in [0.05, 0.1) is 30.9 Å². The number of fused-ring (bicyclic) bond motifs is 1. The number of hydrogen-bond acceptors (Lipinski definition) is 8. The predicted molar refractivity (Wildman–Crippen MR) is 96.4 cm³/mol. The highest BCUT2D eigenvalue weighted by atomic mass is 32.1. The molecule has 3 aromatic rings. The van der Waals surface area contributed by atoms with Gasteiger partial charge in [0.1, 0.15) is 27.1 Å². The van der Waals surface area contributed by atoms with Crippen molar-refractivity contribution in [3.8, 4) is 5.75 Å². The molecule has 3 rings (SSSR count). The first kappa shape index (κ1) is 18.9. The maximum absolute atomic E-state index is 12.2. The molecule has 0 fully saturated rings. The third kappa shape index (κ3) is 4.11. The summed E-state index contributed by atoms with van der Waals surface area (Å²) in [5.41, 5.74) is 1.35. The lowest BCUT2D eigenvalue weighted by atomic mass is 10.2. The van der Waals surface area contributed by atoms with Crippen molar-refractivity contribution in [2.75, 3.05) is 12.4 Å². The van der Waals surface area contributed by atoms with Crippen LogP contribution in [-0.2, 0) is 11.3 Å². The number of pyridine rings is 1. The fourth-order valence-electron chi connectivity index (χ4n) is 2.52. The van der Waals surface area contributed by atoms with Crippen LogP contribution in [0.2, 0.25) is 0 Å². The van der Waals surface area contributed by atoms with Gasteiger partial charge in [-0.3, -0.25) is 4.98 Å². The molecule has 27 heavy (non-hydrogen) atoms. The monoisotopic (exact) mass is 394 g/mol. The van der Waals surface area contributed by atoms with Crippen molar-refractivity contribution < 1.29 is 23.0 Å². The van der Waals surface area contributed by atoms with Gasteiger partial charge in [-0.05, 0) is 31.5 Å². The van der Waals surface area contributed by atoms with Crippen LogP contribution in [0, 0.1) is 13.8 Å². The van der Waals surface area contributed by atoms with E-state index in [2.05, 4.69) is 25.0 Å². The summed E-state index contributed by atoms with van der Waals surface area (Å²) in [7, 11) is 1.33. The maximum atomic E-state index is 12.2. The molecular formula is C17H16F2N4O3S. The molecule has 10 heteroatoms. The zero-order valence-corrected chi connectivity index (χ0v) is 15.6. The van der Waals surface area contributed by atoms with Crippen LogP contribution in [-0.4, -0.2) is 34.6 Å². The van der Waals surface area contributed by atoms with Crippen molar-refractivity contribution in [2.24, 2.45) is 0 Å². The van der Waals surface area contributed by atoms with E-state index in [4.69, 9.17) is 4.74 Å². The summed E-state index contributed by atoms with van der Waals surface area (Å²) in [6.07, 6.45) is 1.23. The number of aromatic nitrogens is 3. The Kier molecular flexibility index (Phi) is 5.45. The van der Waals surface area contributed by atoms with Crippen molar-refractivity contribution >= 4 is 33.3 Å². The topological polar surface area (TPSA) is 86.2 Å². The van der Waals surface area contributed by atoms with Crippen LogP contribution in [0.1, 0.15) is 26.8 Å². The first-order chi connectivity index (χ1) is 12.9. The first-order valence-electron chi connectivity index (χ1n) is 7.88. The molecule has 7 nitrogen and oxygen atoms in total. The molecule has 0 saturated heterocycles. The van der Waals surface area contributed by atoms with E-state index in [-0.39, 0.29) is 5.75 Å². The molecule has 0 atom stereocenters. The summed E-state index contributed by atoms with van der Waals surface area (Å²) in [5, 5.41) is 3.91. The molecule has 0 radical (unpaired) electrons. The quantitative estimate of drug-likeness (QED) is 0.638. The van der Waals surface area contributed by atoms with Gasteiger partial charge >= 0.3 is 12.6 Å². The van der Waals surface area contributed by atoms with Crippen molar-refractivity contribution in [1.29, 1.82) is 0 Å². The van der Waals surface area contributed by atoms with E-state index < -0.39 is 12.6 Å². The standard InChI is InChI=1S/C17H16F2N4O3S/c1-8-12-14(21-6-10-4-5-11(7-20-10)26-17(18)19)22-9(2)23-15(12)27-13(8)16(24)25-3/h4-5,7,17H,6H2,1-3H3,(H,21,22,23). The molecule has 0 aliphatic heterocycles. The Hall–Kier alpha value is -2.88. The van der Waals surface area contributed by atoms with Gasteiger partial charge in [-0.15, -0.1) is 11.3 Å². The number of ether oxygens (including phenoxy) is 2. The second kappa shape index (κ2) is 7.78. The second-order valence-electron chi connectivity index (χ2n) is 5.56. The molecule has 3 heterocycles. The Balaban J connectivity index is 1.86. The zero-order chi connectivity index (χ0) is 19.6. The number of halogens is 2. The number of aryl methyl sites for hydroxylation is 2. The number of nitrogens with zero attached hydrogens (tertiary/aromatic N) is 3. The highest BCUT2D eigenvalue weighted by molar-refractivity contribution is 7.20. The van der Waals surface area contributed by atoms with Crippen LogP contribution in [0.5, 0.6) is 5.75 Å². The summed E-state index contributed by atoms with van der Waals surface area (Å²) >= 11 is 1.25. The van der Waals surface area contributed by atoms with Crippen LogP contribution in [0.15, 0.2) is 18.3 Å². The highest BCUT2D eigenvalue weighted by Crippen LogP contribution is 2.34. The lowest BCUT2D eigenvalue weighted by Crippen LogP contribution is -2.06. The van der Waals surface area contributed by atoms with Gasteiger partial charge in [-0.25, -0.2) is 14.8 Å². The van der Waals surface area contributed by atoms with E-state index >= 15 is 0 Å². The first-order valence-corrected chi connectivity index (χ1v) is 8.70. The molecule has 142 valence electrons. The third-order valence-electron chi connectivity index (χ3n) is 3.73. The van der Waals surface area contributed by atoms with Crippen molar-refractivity contribution in [2.45, 2.75) is 27.0 Å². The SMILES string of the molecule is COC(=O)c1sc2nc(C)nc(NCc3ccc(OC(F)F)cn3)c2c1C. The van der Waals surface area contributed by atoms with Crippen molar-refractivity contribution in [1.82, 2.24) is 15.0 Å². The number of hydrogen-bond donors (Lipinski definition) is 1. The van der Waals surface area contributed by atoms with Gasteiger partial charge in [-0.2, -0.15) is 8.78 Å². The third-order valence-corrected chi connectivity index (χ3v) is 4.90. The average molecular weight is 394 g/mol. The molecule has 0 saturated carbocycles. The number of nitrogens with one attached hydrogen (secondary N) is 1. The minimum atomic E-state index is -2.89. The fourth-order valence-corrected chi connectivity index (χ4v) is 3.67. The molecule has 1 N–H and O–H groups in total. The Morgan fingerprint density at radius 3 is 2.70 bits per heavy atom. The maximum Gasteiger partial charge on any atom is 0.387 e. The number of carbonyl (C=O) groups is 1. The van der Waals surface area contributed by atoms with E-state index in [1.807, 2.05) is 6.92 Å². The van der Waals surface area contributed by atoms with E-state index in [1.165, 1.54) is 30.7 Å². The molecule has 3 aromatic heterocycles. The minimum absolute atomic E-state index is 0.00887. The Bertz CT molecular complexity index is 976. The number of esters is 1. The fraction of sp³-hybridized carbons (Fsp3) is 0.294. The molecule has 0 bridgehead atoms. The second-order valence-corrected chi connectivity index (χ2v) is 6.56. The zero-order valence-electron chi connectivity index (χ0n) is 14.7. The summed E-state index contributed by atoms with van der Waals surface area (Å²) in [4.78, 5) is 26.0. The van der Waals surface area contributed by atoms with Gasteiger partial charge in [0.25, 0.3) is 0 Å². The summed E-state index contributed by atoms with van der Waals surface area (Å²) in [6, 6.07) is 3.00. The predicted octanol–water partition coefficient (Wildman–Crippen LogP) is 3.70. The normalized spacial score (nSPS) is 11.0. The molecular weight excluding hydrogens is 378 g/mol. The van der Waals surface area contributed by atoms with E-state index in [1.54, 1.807) is 13.0 Å². The van der Waals surface area contributed by atoms with Crippen LogP contribution in [0.25, 0.3) is 10.2 Å². The number of methoxy groups -OCH3 is 1. The van der Waals surface area contributed by atoms with Gasteiger partial charge < -0.3 is 14.8 Å². The van der Waals surface area contributed by atoms with Gasteiger partial charge in [0, 0.05) is 0 Å². The lowest BCUT2D eigenvalue weighted by Gasteiger charge is -2.09. The smallest absolute Gasteiger partial charge is 0.387 e. The van der Waals surface area contributed by atoms with Crippen LogP contribution < -0.4 is 10.1 Å². The molecule has 0 aliphatic rings. The average Bonchev–Trinajstić information content (AvgIpc) is 2.96. The van der Waals surface area contributed by atoms with Gasteiger partial charge in [-0.1, -0.05) is 0 Å². The summed E-state index contributed by atoms with van der Waals surface area (Å²) in [6.45, 7) is 0.984.